The van der Waals surface area contributed by atoms with Crippen molar-refractivity contribution in [2.24, 2.45) is 0 Å². The minimum absolute atomic E-state index is 0.544. The number of benzene rings is 3. The Bertz CT molecular complexity index is 1060. The summed E-state index contributed by atoms with van der Waals surface area (Å²) in [4.78, 5) is 3.22. The van der Waals surface area contributed by atoms with E-state index < -0.39 is 0 Å². The summed E-state index contributed by atoms with van der Waals surface area (Å²) in [6, 6.07) is 29.8. The minimum Gasteiger partial charge on any atom is -0.405 e. The molecule has 118 valence electrons. The zero-order valence-electron chi connectivity index (χ0n) is 13.4. The average molecular weight is 323 g/mol. The first-order valence-corrected chi connectivity index (χ1v) is 8.02. The van der Waals surface area contributed by atoms with Gasteiger partial charge in [-0.2, -0.15) is 10.2 Å². The number of nitrogens with one attached hydrogen (secondary N) is 1. The van der Waals surface area contributed by atoms with Gasteiger partial charge in [0.2, 0.25) is 5.52 Å². The Balaban J connectivity index is 1.64. The molecule has 0 aliphatic rings. The van der Waals surface area contributed by atoms with Gasteiger partial charge in [0, 0.05) is 6.07 Å². The Kier molecular flexibility index (Phi) is 3.86. The quantitative estimate of drug-likeness (QED) is 0.533. The molecule has 4 rings (SSSR count). The van der Waals surface area contributed by atoms with Crippen LogP contribution in [0.1, 0.15) is 5.56 Å². The third kappa shape index (κ3) is 3.06. The second-order valence-electron chi connectivity index (χ2n) is 5.70. The molecule has 0 saturated carbocycles. The number of aromatic nitrogens is 1. The molecule has 3 nitrogen and oxygen atoms in total. The predicted octanol–water partition coefficient (Wildman–Crippen LogP) is 4.98. The van der Waals surface area contributed by atoms with Gasteiger partial charge in [-0.25, -0.2) is 0 Å². The Labute approximate surface area is 145 Å². The van der Waals surface area contributed by atoms with Gasteiger partial charge in [-0.3, -0.25) is 0 Å². The molecular weight excluding hydrogens is 308 g/mol. The maximum atomic E-state index is 9.37. The van der Waals surface area contributed by atoms with E-state index in [1.54, 1.807) is 6.07 Å². The van der Waals surface area contributed by atoms with E-state index in [9.17, 15) is 5.26 Å². The van der Waals surface area contributed by atoms with Crippen LogP contribution in [0.2, 0.25) is 0 Å². The molecule has 0 unspecified atom stereocenters. The molecule has 4 aromatic rings. The molecule has 0 atom stereocenters. The zero-order chi connectivity index (χ0) is 17.1. The SMILES string of the molecule is N#Cc1cc(Oc2ccc(-c3ccccc3)cc2)[nH+]c2ccccc12. The van der Waals surface area contributed by atoms with Gasteiger partial charge in [0.25, 0.3) is 0 Å². The van der Waals surface area contributed by atoms with Crippen molar-refractivity contribution in [1.29, 1.82) is 5.26 Å². The van der Waals surface area contributed by atoms with Gasteiger partial charge in [-0.15, -0.1) is 0 Å². The average Bonchev–Trinajstić information content (AvgIpc) is 2.68. The summed E-state index contributed by atoms with van der Waals surface area (Å²) in [6.45, 7) is 0. The molecule has 3 aromatic carbocycles. The fraction of sp³-hybridized carbons (Fsp3) is 0. The van der Waals surface area contributed by atoms with Gasteiger partial charge >= 0.3 is 5.88 Å². The third-order valence-corrected chi connectivity index (χ3v) is 4.06. The lowest BCUT2D eigenvalue weighted by molar-refractivity contribution is -0.359. The first kappa shape index (κ1) is 14.9. The van der Waals surface area contributed by atoms with Crippen molar-refractivity contribution < 1.29 is 9.72 Å². The molecule has 1 N–H and O–H groups in total. The molecule has 0 saturated heterocycles. The summed E-state index contributed by atoms with van der Waals surface area (Å²) in [5.41, 5.74) is 3.76. The van der Waals surface area contributed by atoms with E-state index in [1.807, 2.05) is 66.7 Å². The first-order chi connectivity index (χ1) is 12.3. The van der Waals surface area contributed by atoms with Crippen LogP contribution in [0.4, 0.5) is 0 Å². The van der Waals surface area contributed by atoms with Crippen molar-refractivity contribution in [3.63, 3.8) is 0 Å². The van der Waals surface area contributed by atoms with Crippen LogP contribution in [0.15, 0.2) is 84.9 Å². The number of fused-ring (bicyclic) bond motifs is 1. The molecule has 0 aliphatic carbocycles. The number of pyridine rings is 1. The lowest BCUT2D eigenvalue weighted by Gasteiger charge is -2.05. The largest absolute Gasteiger partial charge is 0.405 e. The number of nitrogens with zero attached hydrogens (tertiary/aromatic N) is 1. The van der Waals surface area contributed by atoms with Crippen molar-refractivity contribution in [2.75, 3.05) is 0 Å². The lowest BCUT2D eigenvalue weighted by Crippen LogP contribution is -2.09. The molecule has 1 heterocycles. The summed E-state index contributed by atoms with van der Waals surface area (Å²) in [7, 11) is 0. The van der Waals surface area contributed by atoms with Crippen LogP contribution in [0.3, 0.4) is 0 Å². The van der Waals surface area contributed by atoms with E-state index in [0.29, 0.717) is 11.4 Å². The summed E-state index contributed by atoms with van der Waals surface area (Å²) in [6.07, 6.45) is 0. The van der Waals surface area contributed by atoms with E-state index in [4.69, 9.17) is 4.74 Å². The second kappa shape index (κ2) is 6.46. The van der Waals surface area contributed by atoms with Crippen LogP contribution in [-0.4, -0.2) is 0 Å². The van der Waals surface area contributed by atoms with E-state index in [1.165, 1.54) is 0 Å². The molecule has 0 aliphatic heterocycles. The molecular formula is C22H15N2O+. The van der Waals surface area contributed by atoms with Crippen molar-refractivity contribution in [3.8, 4) is 28.8 Å². The van der Waals surface area contributed by atoms with Crippen LogP contribution < -0.4 is 9.72 Å². The van der Waals surface area contributed by atoms with Gasteiger partial charge < -0.3 is 4.74 Å². The minimum atomic E-state index is 0.544. The molecule has 0 fully saturated rings. The van der Waals surface area contributed by atoms with Crippen LogP contribution in [0.25, 0.3) is 22.0 Å². The zero-order valence-corrected chi connectivity index (χ0v) is 13.4. The molecule has 0 radical (unpaired) electrons. The fourth-order valence-corrected chi connectivity index (χ4v) is 2.83. The van der Waals surface area contributed by atoms with Gasteiger partial charge in [-0.1, -0.05) is 54.6 Å². The monoisotopic (exact) mass is 323 g/mol. The Hall–Kier alpha value is -3.64. The lowest BCUT2D eigenvalue weighted by atomic mass is 10.1. The van der Waals surface area contributed by atoms with Crippen LogP contribution in [-0.2, 0) is 0 Å². The summed E-state index contributed by atoms with van der Waals surface area (Å²) in [5, 5.41) is 10.3. The smallest absolute Gasteiger partial charge is 0.373 e. The van der Waals surface area contributed by atoms with E-state index >= 15 is 0 Å². The summed E-state index contributed by atoms with van der Waals surface area (Å²) in [5.74, 6) is 1.26. The normalized spacial score (nSPS) is 10.4. The van der Waals surface area contributed by atoms with Crippen molar-refractivity contribution in [1.82, 2.24) is 0 Å². The highest BCUT2D eigenvalue weighted by atomic mass is 16.5. The van der Waals surface area contributed by atoms with Crippen LogP contribution >= 0.6 is 0 Å². The number of para-hydroxylation sites is 1. The van der Waals surface area contributed by atoms with Crippen molar-refractivity contribution >= 4 is 10.9 Å². The topological polar surface area (TPSA) is 47.2 Å². The molecule has 0 amide bonds. The Morgan fingerprint density at radius 3 is 2.20 bits per heavy atom. The second-order valence-corrected chi connectivity index (χ2v) is 5.70. The van der Waals surface area contributed by atoms with E-state index in [-0.39, 0.29) is 0 Å². The molecule has 1 aromatic heterocycles. The van der Waals surface area contributed by atoms with E-state index in [0.717, 1.165) is 27.8 Å². The van der Waals surface area contributed by atoms with Gasteiger partial charge in [-0.05, 0) is 29.3 Å². The van der Waals surface area contributed by atoms with Gasteiger partial charge in [0.1, 0.15) is 11.8 Å². The standard InChI is InChI=1S/C22H14N2O/c23-15-18-14-22(24-21-9-5-4-8-20(18)21)25-19-12-10-17(11-13-19)16-6-2-1-3-7-16/h1-14H/p+1. The predicted molar refractivity (Wildman–Crippen MR) is 97.2 cm³/mol. The third-order valence-electron chi connectivity index (χ3n) is 4.06. The molecule has 0 bridgehead atoms. The van der Waals surface area contributed by atoms with Gasteiger partial charge in [0.05, 0.1) is 17.0 Å². The first-order valence-electron chi connectivity index (χ1n) is 8.02. The number of nitriles is 1. The number of H-pyrrole nitrogens is 1. The molecule has 0 spiro atoms. The van der Waals surface area contributed by atoms with Crippen molar-refractivity contribution in [2.45, 2.75) is 0 Å². The number of hydrogen-bond acceptors (Lipinski definition) is 2. The number of ether oxygens (including phenoxy) is 1. The summed E-state index contributed by atoms with van der Waals surface area (Å²) >= 11 is 0. The van der Waals surface area contributed by atoms with Crippen LogP contribution in [0.5, 0.6) is 11.6 Å². The molecule has 3 heteroatoms. The fourth-order valence-electron chi connectivity index (χ4n) is 2.83. The number of hydrogen-bond donors (Lipinski definition) is 0. The maximum Gasteiger partial charge on any atom is 0.373 e. The Morgan fingerprint density at radius 1 is 0.760 bits per heavy atom. The maximum absolute atomic E-state index is 9.37. The van der Waals surface area contributed by atoms with Crippen LogP contribution in [0, 0.1) is 11.3 Å². The highest BCUT2D eigenvalue weighted by Crippen LogP contribution is 2.25. The number of aromatic amines is 1. The van der Waals surface area contributed by atoms with Crippen molar-refractivity contribution in [3.05, 3.63) is 90.5 Å². The highest BCUT2D eigenvalue weighted by Gasteiger charge is 2.13. The Morgan fingerprint density at radius 2 is 1.44 bits per heavy atom. The molecule has 25 heavy (non-hydrogen) atoms. The highest BCUT2D eigenvalue weighted by molar-refractivity contribution is 5.82. The number of rotatable bonds is 3. The van der Waals surface area contributed by atoms with E-state index in [2.05, 4.69) is 23.2 Å². The van der Waals surface area contributed by atoms with Gasteiger partial charge in [0.15, 0.2) is 0 Å². The summed E-state index contributed by atoms with van der Waals surface area (Å²) < 4.78 is 5.91.